The van der Waals surface area contributed by atoms with Gasteiger partial charge in [0.2, 0.25) is 0 Å². The van der Waals surface area contributed by atoms with Gasteiger partial charge in [0, 0.05) is 24.5 Å². The largest absolute Gasteiger partial charge is 0.508 e. The molecule has 0 spiro atoms. The normalized spacial score (nSPS) is 10.7. The molecule has 0 aliphatic heterocycles. The summed E-state index contributed by atoms with van der Waals surface area (Å²) in [4.78, 5) is 29.2. The number of pyridine rings is 2. The molecule has 1 aromatic carbocycles. The average molecular weight is 371 g/mol. The van der Waals surface area contributed by atoms with E-state index in [1.807, 2.05) is 40.9 Å². The molecule has 3 heterocycles. The highest BCUT2D eigenvalue weighted by atomic mass is 16.3. The quantitative estimate of drug-likeness (QED) is 0.416. The van der Waals surface area contributed by atoms with Crippen LogP contribution in [0, 0.1) is 0 Å². The van der Waals surface area contributed by atoms with E-state index in [2.05, 4.69) is 10.3 Å². The van der Waals surface area contributed by atoms with Gasteiger partial charge in [-0.3, -0.25) is 14.6 Å². The van der Waals surface area contributed by atoms with Crippen LogP contribution in [0.2, 0.25) is 0 Å². The fourth-order valence-corrected chi connectivity index (χ4v) is 3.11. The third-order valence-electron chi connectivity index (χ3n) is 4.45. The van der Waals surface area contributed by atoms with Crippen LogP contribution < -0.4 is 5.32 Å². The molecule has 0 fully saturated rings. The number of aromatic nitrogens is 2. The van der Waals surface area contributed by atoms with Crippen molar-refractivity contribution in [1.29, 1.82) is 0 Å². The van der Waals surface area contributed by atoms with Crippen molar-refractivity contribution in [2.75, 3.05) is 5.32 Å². The van der Waals surface area contributed by atoms with Gasteiger partial charge in [-0.25, -0.2) is 0 Å². The molecule has 0 saturated heterocycles. The van der Waals surface area contributed by atoms with E-state index in [-0.39, 0.29) is 5.75 Å². The van der Waals surface area contributed by atoms with Crippen LogP contribution in [0.25, 0.3) is 5.52 Å². The maximum atomic E-state index is 12.8. The molecule has 0 unspecified atom stereocenters. The Labute approximate surface area is 161 Å². The highest BCUT2D eigenvalue weighted by Crippen LogP contribution is 2.22. The van der Waals surface area contributed by atoms with E-state index in [4.69, 9.17) is 0 Å². The van der Waals surface area contributed by atoms with E-state index in [9.17, 15) is 14.7 Å². The van der Waals surface area contributed by atoms with Gasteiger partial charge in [0.1, 0.15) is 5.75 Å². The summed E-state index contributed by atoms with van der Waals surface area (Å²) in [5.41, 5.74) is 3.34. The van der Waals surface area contributed by atoms with Gasteiger partial charge < -0.3 is 14.8 Å². The van der Waals surface area contributed by atoms with Crippen molar-refractivity contribution >= 4 is 22.9 Å². The van der Waals surface area contributed by atoms with E-state index in [0.717, 1.165) is 11.3 Å². The van der Waals surface area contributed by atoms with Gasteiger partial charge in [0.25, 0.3) is 11.7 Å². The number of hydrogen-bond donors (Lipinski definition) is 2. The number of phenols is 1. The number of amides is 1. The van der Waals surface area contributed by atoms with Crippen molar-refractivity contribution < 1.29 is 14.7 Å². The Morgan fingerprint density at radius 1 is 1.04 bits per heavy atom. The molecule has 4 rings (SSSR count). The van der Waals surface area contributed by atoms with Gasteiger partial charge in [-0.15, -0.1) is 0 Å². The van der Waals surface area contributed by atoms with Gasteiger partial charge >= 0.3 is 0 Å². The van der Waals surface area contributed by atoms with Crippen molar-refractivity contribution in [2.45, 2.75) is 6.42 Å². The van der Waals surface area contributed by atoms with Gasteiger partial charge in [0.15, 0.2) is 0 Å². The van der Waals surface area contributed by atoms with Crippen LogP contribution in [0.5, 0.6) is 5.75 Å². The first-order chi connectivity index (χ1) is 13.6. The van der Waals surface area contributed by atoms with E-state index in [1.165, 1.54) is 6.20 Å². The second kappa shape index (κ2) is 7.36. The zero-order chi connectivity index (χ0) is 19.5. The van der Waals surface area contributed by atoms with Gasteiger partial charge in [-0.1, -0.05) is 18.2 Å². The van der Waals surface area contributed by atoms with Crippen molar-refractivity contribution in [2.24, 2.45) is 0 Å². The maximum Gasteiger partial charge on any atom is 0.296 e. The zero-order valence-electron chi connectivity index (χ0n) is 14.9. The van der Waals surface area contributed by atoms with Crippen molar-refractivity contribution in [1.82, 2.24) is 9.38 Å². The first-order valence-electron chi connectivity index (χ1n) is 8.74. The molecule has 6 nitrogen and oxygen atoms in total. The van der Waals surface area contributed by atoms with E-state index in [0.29, 0.717) is 23.2 Å². The highest BCUT2D eigenvalue weighted by molar-refractivity contribution is 6.47. The smallest absolute Gasteiger partial charge is 0.296 e. The molecule has 3 aromatic heterocycles. The van der Waals surface area contributed by atoms with Crippen molar-refractivity contribution in [3.8, 4) is 5.75 Å². The number of carbonyl (C=O) groups excluding carboxylic acids is 2. The molecule has 0 bridgehead atoms. The first kappa shape index (κ1) is 17.5. The number of nitrogens with zero attached hydrogens (tertiary/aromatic N) is 2. The Morgan fingerprint density at radius 2 is 1.86 bits per heavy atom. The number of aromatic hydroxyl groups is 1. The van der Waals surface area contributed by atoms with Gasteiger partial charge in [-0.2, -0.15) is 0 Å². The molecule has 28 heavy (non-hydrogen) atoms. The minimum Gasteiger partial charge on any atom is -0.508 e. The summed E-state index contributed by atoms with van der Waals surface area (Å²) in [6.07, 6.45) is 5.50. The molecule has 4 aromatic rings. The van der Waals surface area contributed by atoms with Crippen LogP contribution in [0.3, 0.4) is 0 Å². The fourth-order valence-electron chi connectivity index (χ4n) is 3.11. The van der Waals surface area contributed by atoms with Crippen LogP contribution in [0.1, 0.15) is 21.6 Å². The topological polar surface area (TPSA) is 83.7 Å². The number of carbonyl (C=O) groups is 2. The summed E-state index contributed by atoms with van der Waals surface area (Å²) in [7, 11) is 0. The van der Waals surface area contributed by atoms with Crippen LogP contribution in [-0.4, -0.2) is 26.2 Å². The number of Topliss-reactive ketones (excluding diaryl/α,β-unsaturated/α-hetero) is 1. The molecular weight excluding hydrogens is 354 g/mol. The number of anilines is 1. The third-order valence-corrected chi connectivity index (χ3v) is 4.45. The molecule has 0 aliphatic carbocycles. The predicted molar refractivity (Wildman–Crippen MR) is 106 cm³/mol. The van der Waals surface area contributed by atoms with E-state index in [1.54, 1.807) is 36.5 Å². The Bertz CT molecular complexity index is 1150. The third kappa shape index (κ3) is 3.48. The number of nitrogens with one attached hydrogen (secondary N) is 1. The molecule has 1 amide bonds. The summed E-state index contributed by atoms with van der Waals surface area (Å²) in [5, 5.41) is 12.0. The zero-order valence-corrected chi connectivity index (χ0v) is 14.9. The van der Waals surface area contributed by atoms with Crippen LogP contribution >= 0.6 is 0 Å². The van der Waals surface area contributed by atoms with Gasteiger partial charge in [0.05, 0.1) is 23.0 Å². The lowest BCUT2D eigenvalue weighted by Gasteiger charge is -2.04. The Morgan fingerprint density at radius 3 is 2.61 bits per heavy atom. The highest BCUT2D eigenvalue weighted by Gasteiger charge is 2.22. The van der Waals surface area contributed by atoms with Crippen LogP contribution in [0.4, 0.5) is 5.69 Å². The summed E-state index contributed by atoms with van der Waals surface area (Å²) in [5.74, 6) is -1.11. The first-order valence-corrected chi connectivity index (χ1v) is 8.74. The lowest BCUT2D eigenvalue weighted by Crippen LogP contribution is -2.22. The lowest BCUT2D eigenvalue weighted by atomic mass is 10.1. The number of benzene rings is 1. The molecule has 2 N–H and O–H groups in total. The number of ketones is 1. The van der Waals surface area contributed by atoms with Crippen LogP contribution in [-0.2, 0) is 11.2 Å². The number of rotatable bonds is 5. The Balaban J connectivity index is 1.66. The monoisotopic (exact) mass is 371 g/mol. The molecule has 0 saturated carbocycles. The molecule has 138 valence electrons. The Kier molecular flexibility index (Phi) is 4.60. The van der Waals surface area contributed by atoms with E-state index < -0.39 is 11.7 Å². The molecule has 0 radical (unpaired) electrons. The van der Waals surface area contributed by atoms with Crippen molar-refractivity contribution in [3.63, 3.8) is 0 Å². The van der Waals surface area contributed by atoms with Gasteiger partial charge in [-0.05, 0) is 48.0 Å². The Hall–Kier alpha value is -3.93. The summed E-state index contributed by atoms with van der Waals surface area (Å²) < 4.78 is 1.90. The number of fused-ring (bicyclic) bond motifs is 1. The van der Waals surface area contributed by atoms with E-state index >= 15 is 0 Å². The minimum absolute atomic E-state index is 0.201. The number of phenolic OH excluding ortho intramolecular Hbond substituents is 1. The number of hydrogen-bond acceptors (Lipinski definition) is 4. The summed E-state index contributed by atoms with van der Waals surface area (Å²) in [6, 6.07) is 17.5. The standard InChI is InChI=1S/C22H17N3O3/c26-18-8-6-15(7-9-18)12-17-13-19(20-5-1-2-11-25(17)20)21(27)22(28)24-16-4-3-10-23-14-16/h1-11,13-14,26H,12H2,(H,24,28). The second-order valence-corrected chi connectivity index (χ2v) is 6.37. The van der Waals surface area contributed by atoms with Crippen molar-refractivity contribution in [3.05, 3.63) is 96.1 Å². The summed E-state index contributed by atoms with van der Waals surface area (Å²) >= 11 is 0. The predicted octanol–water partition coefficient (Wildman–Crippen LogP) is 3.45. The molecule has 0 aliphatic rings. The maximum absolute atomic E-state index is 12.8. The second-order valence-electron chi connectivity index (χ2n) is 6.37. The molecular formula is C22H17N3O3. The lowest BCUT2D eigenvalue weighted by molar-refractivity contribution is -0.112. The summed E-state index contributed by atoms with van der Waals surface area (Å²) in [6.45, 7) is 0. The minimum atomic E-state index is -0.708. The average Bonchev–Trinajstić information content (AvgIpc) is 3.08. The molecule has 0 atom stereocenters. The van der Waals surface area contributed by atoms with Crippen LogP contribution in [0.15, 0.2) is 79.3 Å². The fraction of sp³-hybridized carbons (Fsp3) is 0.0455. The molecule has 6 heteroatoms. The SMILES string of the molecule is O=C(Nc1cccnc1)C(=O)c1cc(Cc2ccc(O)cc2)n2ccccc12.